The second-order valence-corrected chi connectivity index (χ2v) is 40.5. The van der Waals surface area contributed by atoms with Crippen molar-refractivity contribution in [2.75, 3.05) is 39.6 Å². The lowest BCUT2D eigenvalue weighted by molar-refractivity contribution is -0.146. The zero-order valence-corrected chi connectivity index (χ0v) is 71.6. The maximum Gasteiger partial charge on any atom is 0.333 e. The summed E-state index contributed by atoms with van der Waals surface area (Å²) in [7, 11) is 0. The number of unbranched alkanes of at least 4 members (excludes halogenated alkanes) is 14. The van der Waals surface area contributed by atoms with Crippen LogP contribution in [-0.4, -0.2) is 87.0 Å². The molecule has 0 aromatic rings. The first-order valence-corrected chi connectivity index (χ1v) is 48.1. The number of hydrogen-bond acceptors (Lipinski definition) is 14. The number of fused-ring (bicyclic) bond motifs is 17. The largest absolute Gasteiger partial charge is 0.465 e. The summed E-state index contributed by atoms with van der Waals surface area (Å²) in [6.45, 7) is 18.6. The van der Waals surface area contributed by atoms with Crippen molar-refractivity contribution in [3.05, 3.63) is 49.1 Å². The van der Waals surface area contributed by atoms with E-state index in [1.54, 1.807) is 6.92 Å². The molecule has 12 aliphatic carbocycles. The van der Waals surface area contributed by atoms with Crippen LogP contribution in [0, 0.1) is 160 Å². The van der Waals surface area contributed by atoms with Gasteiger partial charge in [0, 0.05) is 49.5 Å². The zero-order valence-electron chi connectivity index (χ0n) is 71.6. The van der Waals surface area contributed by atoms with E-state index in [0.717, 1.165) is 156 Å². The minimum Gasteiger partial charge on any atom is -0.465 e. The molecule has 0 radical (unpaired) electrons. The lowest BCUT2D eigenvalue weighted by Gasteiger charge is -2.44. The third kappa shape index (κ3) is 24.5. The molecule has 0 amide bonds. The number of hydrogen-bond donors (Lipinski definition) is 0. The first kappa shape index (κ1) is 88.4. The van der Waals surface area contributed by atoms with Gasteiger partial charge in [-0.1, -0.05) is 156 Å². The van der Waals surface area contributed by atoms with Crippen LogP contribution < -0.4 is 0 Å². The summed E-state index contributed by atoms with van der Waals surface area (Å²) in [5.74, 6) is 15.2. The van der Waals surface area contributed by atoms with Crippen molar-refractivity contribution in [2.24, 2.45) is 160 Å². The first-order chi connectivity index (χ1) is 55.4. The average Bonchev–Trinajstić information content (AvgIpc) is 1.60. The molecule has 0 aliphatic heterocycles. The third-order valence-corrected chi connectivity index (χ3v) is 33.4. The predicted molar refractivity (Wildman–Crippen MR) is 447 cm³/mol. The maximum atomic E-state index is 13.4. The van der Waals surface area contributed by atoms with Gasteiger partial charge in [-0.3, -0.25) is 19.2 Å². The SMILES string of the molecule is C=CC(=O)OCC1CC2C3CC(CC3CCC(=O)/C=C/C(=O)OCC3CC4C5CC(COC(=O)CCCCCCC6C(CCCCCC)CCC(CCCCCCCC)C6CCCCCCC(=O)OCC6CC7CC6CC7CC(CC)COC(=O)/C=C/C(=O)CCC6CC7CC6C6CC(COC(=O)C(=C)C)C[C@H]76)C(C5)C4C3)[C@H]2C1. The van der Waals surface area contributed by atoms with Gasteiger partial charge >= 0.3 is 35.8 Å². The third-order valence-electron chi connectivity index (χ3n) is 33.4. The van der Waals surface area contributed by atoms with E-state index in [0.29, 0.717) is 183 Å². The highest BCUT2D eigenvalue weighted by Gasteiger charge is 2.59. The lowest BCUT2D eigenvalue weighted by Crippen LogP contribution is -2.35. The summed E-state index contributed by atoms with van der Waals surface area (Å²) in [5.41, 5.74) is 0.450. The number of rotatable bonds is 53. The molecule has 12 fully saturated rings. The van der Waals surface area contributed by atoms with Gasteiger partial charge in [-0.25, -0.2) is 19.2 Å². The number of ketones is 2. The highest BCUT2D eigenvalue weighted by Crippen LogP contribution is 2.66. The van der Waals surface area contributed by atoms with E-state index < -0.39 is 11.9 Å². The molecule has 27 atom stereocenters. The van der Waals surface area contributed by atoms with Crippen molar-refractivity contribution in [1.29, 1.82) is 0 Å². The van der Waals surface area contributed by atoms with Crippen LogP contribution in [0.2, 0.25) is 0 Å². The Kier molecular flexibility index (Phi) is 34.4. The molecule has 8 bridgehead atoms. The molecule has 0 spiro atoms. The molecule has 25 unspecified atom stereocenters. The van der Waals surface area contributed by atoms with Gasteiger partial charge in [0.1, 0.15) is 0 Å². The van der Waals surface area contributed by atoms with E-state index in [2.05, 4.69) is 33.9 Å². The second-order valence-electron chi connectivity index (χ2n) is 40.5. The molecule has 0 N–H and O–H groups in total. The Balaban J connectivity index is 0.499. The summed E-state index contributed by atoms with van der Waals surface area (Å²) < 4.78 is 34.6. The van der Waals surface area contributed by atoms with E-state index in [4.69, 9.17) is 28.4 Å². The standard InChI is InChI=1S/C100H154O14/c1-7-11-13-15-16-22-28-71-34-33-70(27-21-14-12-8-2)84(29-23-18-20-26-32-97(105)113-64-81-55-79-58-91(81)94-48-68(45-88(79)94)61-111-99(107)42-40-83(102)38-35-72-50-77-56-89(72)92-47-67(44-86(77)92)60-109-95(103)10-4)85(71)30-24-17-19-25-31-96(104)112-63-80-54-75-53-76(80)52-74(75)43-66(9-3)59-110-98(106)41-39-82(101)37-36-73-51-78-57-90(73)93-49-69(46-87(78)93)62-114-100(108)65(5)6/h10,39-42,66-81,84-94H,4-5,7-9,11-38,43-64H2,1-3,6H3/b41-39+,42-40+/t66?,67?,68?,69?,70?,71?,72?,73?,74?,75?,76?,77?,78?,79?,80?,81?,84?,85?,86-,87-,88?,89?,90?,91?,92?,93?,94?/m1/s1. The summed E-state index contributed by atoms with van der Waals surface area (Å²) in [5, 5.41) is 0. The quantitative estimate of drug-likeness (QED) is 0.0242. The van der Waals surface area contributed by atoms with Gasteiger partial charge in [0.25, 0.3) is 0 Å². The summed E-state index contributed by atoms with van der Waals surface area (Å²) in [4.78, 5) is 102. The van der Waals surface area contributed by atoms with Crippen LogP contribution in [0.1, 0.15) is 329 Å². The fourth-order valence-electron chi connectivity index (χ4n) is 28.0. The Labute approximate surface area is 688 Å². The molecule has 14 heteroatoms. The maximum absolute atomic E-state index is 13.4. The van der Waals surface area contributed by atoms with E-state index >= 15 is 0 Å². The van der Waals surface area contributed by atoms with Crippen molar-refractivity contribution < 1.29 is 66.8 Å². The van der Waals surface area contributed by atoms with Crippen molar-refractivity contribution >= 4 is 47.4 Å². The van der Waals surface area contributed by atoms with Crippen LogP contribution >= 0.6 is 0 Å². The van der Waals surface area contributed by atoms with Crippen molar-refractivity contribution in [3.63, 3.8) is 0 Å². The smallest absolute Gasteiger partial charge is 0.333 e. The molecule has 0 heterocycles. The minimum absolute atomic E-state index is 0.000950. The molecule has 114 heavy (non-hydrogen) atoms. The number of carbonyl (C=O) groups is 8. The van der Waals surface area contributed by atoms with Crippen LogP contribution in [0.4, 0.5) is 0 Å². The summed E-state index contributed by atoms with van der Waals surface area (Å²) >= 11 is 0. The average molecular weight is 1580 g/mol. The highest BCUT2D eigenvalue weighted by molar-refractivity contribution is 5.96. The molecule has 638 valence electrons. The Bertz CT molecular complexity index is 3200. The number of carbonyl (C=O) groups excluding carboxylic acids is 8. The Morgan fingerprint density at radius 1 is 0.342 bits per heavy atom. The summed E-state index contributed by atoms with van der Waals surface area (Å²) in [6, 6.07) is 0. The van der Waals surface area contributed by atoms with E-state index in [1.165, 1.54) is 197 Å². The zero-order chi connectivity index (χ0) is 80.0. The van der Waals surface area contributed by atoms with Crippen molar-refractivity contribution in [1.82, 2.24) is 0 Å². The first-order valence-electron chi connectivity index (χ1n) is 48.1. The minimum atomic E-state index is -0.425. The fourth-order valence-corrected chi connectivity index (χ4v) is 28.0. The molecule has 12 aliphatic rings. The van der Waals surface area contributed by atoms with Crippen molar-refractivity contribution in [2.45, 2.75) is 329 Å². The number of allylic oxidation sites excluding steroid dienone is 2. The Hall–Kier alpha value is -4.88. The van der Waals surface area contributed by atoms with E-state index in [-0.39, 0.29) is 35.4 Å². The lowest BCUT2D eigenvalue weighted by atomic mass is 9.61. The van der Waals surface area contributed by atoms with Crippen molar-refractivity contribution in [3.8, 4) is 0 Å². The molecule has 0 aromatic heterocycles. The van der Waals surface area contributed by atoms with Gasteiger partial charge in [-0.15, -0.1) is 0 Å². The van der Waals surface area contributed by atoms with Gasteiger partial charge in [0.2, 0.25) is 0 Å². The van der Waals surface area contributed by atoms with Crippen LogP contribution in [0.3, 0.4) is 0 Å². The molecule has 0 aromatic carbocycles. The summed E-state index contributed by atoms with van der Waals surface area (Å²) in [6.07, 6.45) is 60.5. The van der Waals surface area contributed by atoms with Gasteiger partial charge in [-0.05, 0) is 333 Å². The Morgan fingerprint density at radius 3 is 1.23 bits per heavy atom. The Morgan fingerprint density at radius 2 is 0.746 bits per heavy atom. The second kappa shape index (κ2) is 44.4. The molecule has 12 saturated carbocycles. The number of ether oxygens (including phenoxy) is 6. The molecular formula is C100H154O14. The number of esters is 6. The normalized spacial score (nSPS) is 35.2. The van der Waals surface area contributed by atoms with E-state index in [9.17, 15) is 38.4 Å². The molecular weight excluding hydrogens is 1430 g/mol. The van der Waals surface area contributed by atoms with Crippen LogP contribution in [0.15, 0.2) is 49.1 Å². The van der Waals surface area contributed by atoms with Gasteiger partial charge < -0.3 is 28.4 Å². The topological polar surface area (TPSA) is 192 Å². The molecule has 14 nitrogen and oxygen atoms in total. The molecule has 0 saturated heterocycles. The molecule has 12 rings (SSSR count). The van der Waals surface area contributed by atoms with Crippen LogP contribution in [0.5, 0.6) is 0 Å². The van der Waals surface area contributed by atoms with Crippen LogP contribution in [0.25, 0.3) is 0 Å². The van der Waals surface area contributed by atoms with Gasteiger partial charge in [0.05, 0.1) is 39.6 Å². The fraction of sp³-hybridized carbons (Fsp3) is 0.840. The van der Waals surface area contributed by atoms with Gasteiger partial charge in [0.15, 0.2) is 11.6 Å². The predicted octanol–water partition coefficient (Wildman–Crippen LogP) is 22.5. The van der Waals surface area contributed by atoms with E-state index in [1.807, 2.05) is 0 Å². The highest BCUT2D eigenvalue weighted by atomic mass is 16.6. The van der Waals surface area contributed by atoms with Crippen LogP contribution in [-0.2, 0) is 66.8 Å². The monoisotopic (exact) mass is 1580 g/mol. The van der Waals surface area contributed by atoms with Gasteiger partial charge in [-0.2, -0.15) is 0 Å².